The van der Waals surface area contributed by atoms with Crippen molar-refractivity contribution in [2.24, 2.45) is 5.92 Å². The summed E-state index contributed by atoms with van der Waals surface area (Å²) in [5.74, 6) is 0.987. The van der Waals surface area contributed by atoms with E-state index >= 15 is 0 Å². The Labute approximate surface area is 197 Å². The summed E-state index contributed by atoms with van der Waals surface area (Å²) >= 11 is 0. The fraction of sp³-hybridized carbons (Fsp3) is 0.577. The largest absolute Gasteiger partial charge is 0.491 e. The van der Waals surface area contributed by atoms with Gasteiger partial charge >= 0.3 is 0 Å². The second-order valence-electron chi connectivity index (χ2n) is 9.17. The molecule has 0 aliphatic carbocycles. The van der Waals surface area contributed by atoms with Gasteiger partial charge in [0.15, 0.2) is 0 Å². The van der Waals surface area contributed by atoms with E-state index < -0.39 is 0 Å². The Morgan fingerprint density at radius 3 is 2.67 bits per heavy atom. The summed E-state index contributed by atoms with van der Waals surface area (Å²) in [5.41, 5.74) is 1.21. The van der Waals surface area contributed by atoms with Crippen LogP contribution < -0.4 is 4.74 Å². The van der Waals surface area contributed by atoms with Crippen LogP contribution in [0.1, 0.15) is 74.1 Å². The van der Waals surface area contributed by atoms with Crippen molar-refractivity contribution in [2.75, 3.05) is 26.2 Å². The maximum Gasteiger partial charge on any atom is 0.257 e. The standard InChI is InChI=1S/C26H38N4O3/c1-5-13-29-18-21(17-27-29)25(31)30-15-10-9-14-28(6-2)26(32)23-11-7-8-12-24(23)33-19-22(30)16-20(3)4/h7-8,11-12,17-18,20,22H,5-6,9-10,13-16,19H2,1-4H3/t22-/m0/s1. The van der Waals surface area contributed by atoms with Crippen molar-refractivity contribution in [1.29, 1.82) is 0 Å². The highest BCUT2D eigenvalue weighted by molar-refractivity contribution is 5.97. The van der Waals surface area contributed by atoms with Crippen LogP contribution in [0, 0.1) is 5.92 Å². The van der Waals surface area contributed by atoms with Gasteiger partial charge in [-0.1, -0.05) is 32.9 Å². The third-order valence-electron chi connectivity index (χ3n) is 6.07. The van der Waals surface area contributed by atoms with Crippen LogP contribution in [0.5, 0.6) is 5.75 Å². The lowest BCUT2D eigenvalue weighted by atomic mass is 10.0. The fourth-order valence-electron chi connectivity index (χ4n) is 4.38. The number of amides is 2. The number of hydrogen-bond donors (Lipinski definition) is 0. The Hall–Kier alpha value is -2.83. The van der Waals surface area contributed by atoms with Gasteiger partial charge in [0.05, 0.1) is 23.4 Å². The Kier molecular flexibility index (Phi) is 8.92. The molecule has 0 radical (unpaired) electrons. The minimum atomic E-state index is -0.0862. The van der Waals surface area contributed by atoms with Crippen LogP contribution in [0.3, 0.4) is 0 Å². The van der Waals surface area contributed by atoms with Crippen LogP contribution >= 0.6 is 0 Å². The van der Waals surface area contributed by atoms with Gasteiger partial charge in [0, 0.05) is 32.4 Å². The molecule has 1 aliphatic rings. The van der Waals surface area contributed by atoms with Crippen molar-refractivity contribution in [3.05, 3.63) is 47.8 Å². The molecule has 1 aromatic carbocycles. The van der Waals surface area contributed by atoms with E-state index in [2.05, 4.69) is 25.9 Å². The molecular formula is C26H38N4O3. The zero-order valence-corrected chi connectivity index (χ0v) is 20.5. The molecule has 3 rings (SSSR count). The van der Waals surface area contributed by atoms with Crippen molar-refractivity contribution in [3.8, 4) is 5.75 Å². The van der Waals surface area contributed by atoms with Gasteiger partial charge < -0.3 is 14.5 Å². The first-order valence-electron chi connectivity index (χ1n) is 12.3. The number of fused-ring (bicyclic) bond motifs is 1. The molecule has 7 heteroatoms. The zero-order valence-electron chi connectivity index (χ0n) is 20.5. The fourth-order valence-corrected chi connectivity index (χ4v) is 4.38. The molecule has 0 N–H and O–H groups in total. The number of rotatable bonds is 6. The quantitative estimate of drug-likeness (QED) is 0.645. The highest BCUT2D eigenvalue weighted by Gasteiger charge is 2.28. The lowest BCUT2D eigenvalue weighted by Gasteiger charge is -2.34. The van der Waals surface area contributed by atoms with Crippen LogP contribution in [-0.2, 0) is 6.54 Å². The molecule has 1 aromatic heterocycles. The van der Waals surface area contributed by atoms with E-state index in [4.69, 9.17) is 4.74 Å². The summed E-state index contributed by atoms with van der Waals surface area (Å²) < 4.78 is 8.07. The Morgan fingerprint density at radius 2 is 1.94 bits per heavy atom. The second kappa shape index (κ2) is 11.9. The lowest BCUT2D eigenvalue weighted by molar-refractivity contribution is 0.0555. The normalized spacial score (nSPS) is 17.8. The molecule has 2 aromatic rings. The average Bonchev–Trinajstić information content (AvgIpc) is 3.27. The number of ether oxygens (including phenoxy) is 1. The SMILES string of the molecule is CCCn1cc(C(=O)N2CCCCN(CC)C(=O)c3ccccc3OC[C@@H]2CC(C)C)cn1. The maximum absolute atomic E-state index is 13.6. The number of para-hydroxylation sites is 1. The molecule has 2 heterocycles. The summed E-state index contributed by atoms with van der Waals surface area (Å²) in [6.45, 7) is 11.5. The molecule has 33 heavy (non-hydrogen) atoms. The van der Waals surface area contributed by atoms with Crippen molar-refractivity contribution in [2.45, 2.75) is 66.0 Å². The van der Waals surface area contributed by atoms with Crippen LogP contribution in [0.4, 0.5) is 0 Å². The van der Waals surface area contributed by atoms with Gasteiger partial charge in [-0.2, -0.15) is 5.10 Å². The molecule has 0 bridgehead atoms. The summed E-state index contributed by atoms with van der Waals surface area (Å²) in [4.78, 5) is 30.6. The molecule has 180 valence electrons. The van der Waals surface area contributed by atoms with Crippen LogP contribution in [0.2, 0.25) is 0 Å². The summed E-state index contributed by atoms with van der Waals surface area (Å²) in [7, 11) is 0. The number of aryl methyl sites for hydroxylation is 1. The zero-order chi connectivity index (χ0) is 23.8. The van der Waals surface area contributed by atoms with Crippen molar-refractivity contribution in [1.82, 2.24) is 19.6 Å². The molecular weight excluding hydrogens is 416 g/mol. The first kappa shape index (κ1) is 24.8. The van der Waals surface area contributed by atoms with Gasteiger partial charge in [-0.25, -0.2) is 0 Å². The van der Waals surface area contributed by atoms with E-state index in [1.165, 1.54) is 0 Å². The number of carbonyl (C=O) groups is 2. The van der Waals surface area contributed by atoms with Gasteiger partial charge in [0.2, 0.25) is 0 Å². The number of nitrogens with zero attached hydrogens (tertiary/aromatic N) is 4. The van der Waals surface area contributed by atoms with E-state index in [1.54, 1.807) is 6.20 Å². The molecule has 0 saturated heterocycles. The van der Waals surface area contributed by atoms with Crippen molar-refractivity contribution >= 4 is 11.8 Å². The van der Waals surface area contributed by atoms with Gasteiger partial charge in [0.25, 0.3) is 11.8 Å². The van der Waals surface area contributed by atoms with E-state index in [0.717, 1.165) is 32.2 Å². The molecule has 0 saturated carbocycles. The molecule has 2 amide bonds. The number of hydrogen-bond acceptors (Lipinski definition) is 4. The highest BCUT2D eigenvalue weighted by atomic mass is 16.5. The van der Waals surface area contributed by atoms with Crippen molar-refractivity contribution < 1.29 is 14.3 Å². The lowest BCUT2D eigenvalue weighted by Crippen LogP contribution is -2.45. The summed E-state index contributed by atoms with van der Waals surface area (Å²) in [6, 6.07) is 7.35. The smallest absolute Gasteiger partial charge is 0.257 e. The predicted octanol–water partition coefficient (Wildman–Crippen LogP) is 4.48. The number of carbonyl (C=O) groups excluding carboxylic acids is 2. The van der Waals surface area contributed by atoms with Gasteiger partial charge in [-0.05, 0) is 50.7 Å². The van der Waals surface area contributed by atoms with Gasteiger partial charge in [0.1, 0.15) is 12.4 Å². The monoisotopic (exact) mass is 454 g/mol. The van der Waals surface area contributed by atoms with E-state index in [1.807, 2.05) is 51.9 Å². The topological polar surface area (TPSA) is 67.7 Å². The second-order valence-corrected chi connectivity index (χ2v) is 9.17. The molecule has 7 nitrogen and oxygen atoms in total. The maximum atomic E-state index is 13.6. The minimum Gasteiger partial charge on any atom is -0.491 e. The highest BCUT2D eigenvalue weighted by Crippen LogP contribution is 2.24. The first-order valence-corrected chi connectivity index (χ1v) is 12.3. The Morgan fingerprint density at radius 1 is 1.18 bits per heavy atom. The molecule has 0 spiro atoms. The minimum absolute atomic E-state index is 0.000344. The number of benzene rings is 1. The molecule has 1 atom stereocenters. The average molecular weight is 455 g/mol. The third-order valence-corrected chi connectivity index (χ3v) is 6.07. The molecule has 0 unspecified atom stereocenters. The molecule has 0 fully saturated rings. The van der Waals surface area contributed by atoms with Crippen LogP contribution in [0.15, 0.2) is 36.7 Å². The first-order chi connectivity index (χ1) is 15.9. The Balaban J connectivity index is 1.91. The van der Waals surface area contributed by atoms with Crippen LogP contribution in [-0.4, -0.2) is 63.7 Å². The van der Waals surface area contributed by atoms with Crippen molar-refractivity contribution in [3.63, 3.8) is 0 Å². The predicted molar refractivity (Wildman–Crippen MR) is 130 cm³/mol. The molecule has 1 aliphatic heterocycles. The third kappa shape index (κ3) is 6.36. The number of aromatic nitrogens is 2. The van der Waals surface area contributed by atoms with E-state index in [0.29, 0.717) is 49.0 Å². The Bertz CT molecular complexity index is 924. The van der Waals surface area contributed by atoms with Gasteiger partial charge in [-0.15, -0.1) is 0 Å². The van der Waals surface area contributed by atoms with Gasteiger partial charge in [-0.3, -0.25) is 14.3 Å². The van der Waals surface area contributed by atoms with E-state index in [9.17, 15) is 9.59 Å². The van der Waals surface area contributed by atoms with E-state index in [-0.39, 0.29) is 17.9 Å². The summed E-state index contributed by atoms with van der Waals surface area (Å²) in [5, 5.41) is 4.36. The van der Waals surface area contributed by atoms with Crippen LogP contribution in [0.25, 0.3) is 0 Å². The summed E-state index contributed by atoms with van der Waals surface area (Å²) in [6.07, 6.45) is 6.99.